The van der Waals surface area contributed by atoms with Crippen molar-refractivity contribution in [2.24, 2.45) is 0 Å². The molecule has 2 aliphatic heterocycles. The molecule has 1 aromatic heterocycles. The van der Waals surface area contributed by atoms with Gasteiger partial charge in [-0.15, -0.1) is 0 Å². The van der Waals surface area contributed by atoms with Gasteiger partial charge in [0.25, 0.3) is 0 Å². The van der Waals surface area contributed by atoms with Crippen molar-refractivity contribution in [3.63, 3.8) is 0 Å². The molecule has 164 valence electrons. The Labute approximate surface area is 191 Å². The molecule has 1 saturated heterocycles. The van der Waals surface area contributed by atoms with E-state index in [4.69, 9.17) is 26.1 Å². The van der Waals surface area contributed by atoms with Crippen LogP contribution in [0, 0.1) is 0 Å². The molecular weight excluding hydrogens is 428 g/mol. The highest BCUT2D eigenvalue weighted by Crippen LogP contribution is 2.36. The number of nitrogens with one attached hydrogen (secondary N) is 2. The number of hydrogen-bond acceptors (Lipinski definition) is 7. The highest BCUT2D eigenvalue weighted by atomic mass is 35.5. The van der Waals surface area contributed by atoms with Gasteiger partial charge in [0.05, 0.1) is 29.6 Å². The molecule has 0 saturated carbocycles. The van der Waals surface area contributed by atoms with Gasteiger partial charge in [0.15, 0.2) is 11.6 Å². The normalized spacial score (nSPS) is 17.3. The number of morpholine rings is 1. The summed E-state index contributed by atoms with van der Waals surface area (Å²) in [6.07, 6.45) is -0.490. The number of aromatic nitrogens is 1. The van der Waals surface area contributed by atoms with Crippen molar-refractivity contribution in [3.05, 3.63) is 65.2 Å². The minimum Gasteiger partial charge on any atom is -0.452 e. The van der Waals surface area contributed by atoms with Crippen molar-refractivity contribution < 1.29 is 14.3 Å². The average molecular weight is 451 g/mol. The number of ether oxygens (including phenoxy) is 2. The third-order valence-electron chi connectivity index (χ3n) is 5.56. The van der Waals surface area contributed by atoms with Crippen LogP contribution in [0.25, 0.3) is 11.3 Å². The Balaban J connectivity index is 1.30. The number of carbonyl (C=O) groups is 1. The van der Waals surface area contributed by atoms with Gasteiger partial charge in [0.2, 0.25) is 6.35 Å². The van der Waals surface area contributed by atoms with Gasteiger partial charge < -0.3 is 25.0 Å². The zero-order valence-electron chi connectivity index (χ0n) is 17.6. The topological polar surface area (TPSA) is 75.7 Å². The van der Waals surface area contributed by atoms with E-state index in [9.17, 15) is 4.79 Å². The fourth-order valence-electron chi connectivity index (χ4n) is 3.83. The molecule has 3 aromatic rings. The number of hydrogen-bond donors (Lipinski definition) is 2. The molecular formula is C24H23ClN4O3. The number of Topliss-reactive ketones (excluding diaryl/α,β-unsaturated/α-hetero) is 1. The molecule has 2 N–H and O–H groups in total. The number of pyridine rings is 1. The first kappa shape index (κ1) is 20.6. The summed E-state index contributed by atoms with van der Waals surface area (Å²) in [6.45, 7) is 4.83. The number of benzene rings is 2. The molecule has 3 heterocycles. The van der Waals surface area contributed by atoms with Gasteiger partial charge >= 0.3 is 0 Å². The summed E-state index contributed by atoms with van der Waals surface area (Å²) in [6, 6.07) is 17.1. The summed E-state index contributed by atoms with van der Waals surface area (Å²) >= 11 is 6.56. The molecule has 0 amide bonds. The maximum Gasteiger partial charge on any atom is 0.249 e. The molecule has 32 heavy (non-hydrogen) atoms. The van der Waals surface area contributed by atoms with Crippen LogP contribution in [0.5, 0.6) is 5.75 Å². The number of rotatable bonds is 5. The van der Waals surface area contributed by atoms with E-state index in [-0.39, 0.29) is 5.78 Å². The van der Waals surface area contributed by atoms with E-state index in [1.165, 1.54) is 12.6 Å². The van der Waals surface area contributed by atoms with Crippen LogP contribution in [0.2, 0.25) is 5.02 Å². The second-order valence-electron chi connectivity index (χ2n) is 7.73. The standard InChI is InChI=1S/C24H23ClN4O3/c1-15(30)16-4-8-19(9-5-16)32-24-26-21-14-20(25)22(27-23(21)28-24)17-2-6-18(7-3-17)29-10-12-31-13-11-29/h2-9,14,24,26H,10-13H2,1H3,(H,27,28). The van der Waals surface area contributed by atoms with Gasteiger partial charge in [-0.25, -0.2) is 4.98 Å². The third kappa shape index (κ3) is 4.22. The molecule has 5 rings (SSSR count). The number of nitrogens with zero attached hydrogens (tertiary/aromatic N) is 2. The monoisotopic (exact) mass is 450 g/mol. The maximum absolute atomic E-state index is 11.4. The SMILES string of the molecule is CC(=O)c1ccc(OC2Nc3cc(Cl)c(-c4ccc(N5CCOCC5)cc4)nc3N2)cc1. The Bertz CT molecular complexity index is 1130. The second kappa shape index (κ2) is 8.68. The molecule has 1 fully saturated rings. The van der Waals surface area contributed by atoms with E-state index in [0.717, 1.165) is 37.6 Å². The van der Waals surface area contributed by atoms with E-state index >= 15 is 0 Å². The summed E-state index contributed by atoms with van der Waals surface area (Å²) in [4.78, 5) is 18.5. The number of ketones is 1. The Morgan fingerprint density at radius 3 is 2.50 bits per heavy atom. The third-order valence-corrected chi connectivity index (χ3v) is 5.85. The molecule has 2 aliphatic rings. The molecule has 1 unspecified atom stereocenters. The van der Waals surface area contributed by atoms with Crippen molar-refractivity contribution in [2.45, 2.75) is 13.3 Å². The van der Waals surface area contributed by atoms with Gasteiger partial charge in [-0.05, 0) is 49.4 Å². The summed E-state index contributed by atoms with van der Waals surface area (Å²) in [7, 11) is 0. The Kier molecular flexibility index (Phi) is 5.59. The van der Waals surface area contributed by atoms with Gasteiger partial charge in [0.1, 0.15) is 5.75 Å². The van der Waals surface area contributed by atoms with E-state index in [1.54, 1.807) is 24.3 Å². The zero-order valence-corrected chi connectivity index (χ0v) is 18.4. The van der Waals surface area contributed by atoms with Gasteiger partial charge in [-0.3, -0.25) is 4.79 Å². The number of anilines is 3. The average Bonchev–Trinajstić information content (AvgIpc) is 3.20. The lowest BCUT2D eigenvalue weighted by molar-refractivity contribution is 0.101. The Morgan fingerprint density at radius 2 is 1.81 bits per heavy atom. The smallest absolute Gasteiger partial charge is 0.249 e. The highest BCUT2D eigenvalue weighted by Gasteiger charge is 2.24. The first-order valence-electron chi connectivity index (χ1n) is 10.5. The summed E-state index contributed by atoms with van der Waals surface area (Å²) < 4.78 is 11.4. The molecule has 2 aromatic carbocycles. The van der Waals surface area contributed by atoms with Crippen LogP contribution in [0.1, 0.15) is 17.3 Å². The predicted octanol–water partition coefficient (Wildman–Crippen LogP) is 4.64. The fourth-order valence-corrected chi connectivity index (χ4v) is 4.09. The first-order valence-corrected chi connectivity index (χ1v) is 10.9. The zero-order chi connectivity index (χ0) is 22.1. The van der Waals surface area contributed by atoms with Crippen LogP contribution in [-0.4, -0.2) is 43.4 Å². The van der Waals surface area contributed by atoms with E-state index in [2.05, 4.69) is 27.7 Å². The van der Waals surface area contributed by atoms with Gasteiger partial charge in [0, 0.05) is 29.9 Å². The fraction of sp³-hybridized carbons (Fsp3) is 0.250. The highest BCUT2D eigenvalue weighted by molar-refractivity contribution is 6.33. The lowest BCUT2D eigenvalue weighted by atomic mass is 10.1. The summed E-state index contributed by atoms with van der Waals surface area (Å²) in [5, 5.41) is 7.01. The molecule has 0 radical (unpaired) electrons. The first-order chi connectivity index (χ1) is 15.6. The van der Waals surface area contributed by atoms with Crippen molar-refractivity contribution >= 4 is 34.6 Å². The van der Waals surface area contributed by atoms with Gasteiger partial charge in [-0.2, -0.15) is 0 Å². The molecule has 0 bridgehead atoms. The van der Waals surface area contributed by atoms with Gasteiger partial charge in [-0.1, -0.05) is 23.7 Å². The lowest BCUT2D eigenvalue weighted by Crippen LogP contribution is -2.36. The van der Waals surface area contributed by atoms with Crippen LogP contribution >= 0.6 is 11.6 Å². The molecule has 0 aliphatic carbocycles. The lowest BCUT2D eigenvalue weighted by Gasteiger charge is -2.28. The summed E-state index contributed by atoms with van der Waals surface area (Å²) in [5.41, 5.74) is 4.23. The maximum atomic E-state index is 11.4. The van der Waals surface area contributed by atoms with Crippen LogP contribution < -0.4 is 20.3 Å². The second-order valence-corrected chi connectivity index (χ2v) is 8.14. The van der Waals surface area contributed by atoms with E-state index in [0.29, 0.717) is 27.8 Å². The van der Waals surface area contributed by atoms with Crippen LogP contribution in [0.3, 0.4) is 0 Å². The van der Waals surface area contributed by atoms with Crippen LogP contribution in [0.15, 0.2) is 54.6 Å². The van der Waals surface area contributed by atoms with E-state index in [1.807, 2.05) is 18.2 Å². The number of fused-ring (bicyclic) bond motifs is 1. The van der Waals surface area contributed by atoms with Crippen molar-refractivity contribution in [1.82, 2.24) is 4.98 Å². The molecule has 0 spiro atoms. The van der Waals surface area contributed by atoms with Crippen molar-refractivity contribution in [3.8, 4) is 17.0 Å². The molecule has 8 heteroatoms. The minimum absolute atomic E-state index is 0.0189. The molecule has 1 atom stereocenters. The quantitative estimate of drug-likeness (QED) is 0.548. The van der Waals surface area contributed by atoms with Crippen molar-refractivity contribution in [1.29, 1.82) is 0 Å². The van der Waals surface area contributed by atoms with E-state index < -0.39 is 6.35 Å². The Hall–Kier alpha value is -3.29. The largest absolute Gasteiger partial charge is 0.452 e. The van der Waals surface area contributed by atoms with Crippen LogP contribution in [0.4, 0.5) is 17.2 Å². The predicted molar refractivity (Wildman–Crippen MR) is 126 cm³/mol. The number of carbonyl (C=O) groups excluding carboxylic acids is 1. The Morgan fingerprint density at radius 1 is 1.09 bits per heavy atom. The summed E-state index contributed by atoms with van der Waals surface area (Å²) in [5.74, 6) is 1.33. The van der Waals surface area contributed by atoms with Crippen LogP contribution in [-0.2, 0) is 4.74 Å². The molecule has 7 nitrogen and oxygen atoms in total. The van der Waals surface area contributed by atoms with Crippen molar-refractivity contribution in [2.75, 3.05) is 41.8 Å². The minimum atomic E-state index is -0.490. The number of halogens is 1.